The fraction of sp³-hybridized carbons (Fsp3) is 0.333. The topological polar surface area (TPSA) is 41.0 Å². The lowest BCUT2D eigenvalue weighted by Crippen LogP contribution is -2.21. The number of halogens is 1. The largest absolute Gasteiger partial charge is 0.373 e. The van der Waals surface area contributed by atoms with Crippen molar-refractivity contribution in [1.82, 2.24) is 9.97 Å². The quantitative estimate of drug-likeness (QED) is 0.916. The molecule has 96 valence electrons. The zero-order valence-corrected chi connectivity index (χ0v) is 12.8. The molecule has 0 fully saturated rings. The number of anilines is 2. The molecule has 0 spiro atoms. The van der Waals surface area contributed by atoms with Crippen LogP contribution in [0.5, 0.6) is 0 Å². The highest BCUT2D eigenvalue weighted by Crippen LogP contribution is 2.21. The van der Waals surface area contributed by atoms with Crippen LogP contribution in [0.4, 0.5) is 11.6 Å². The van der Waals surface area contributed by atoms with Crippen LogP contribution in [0.2, 0.25) is 0 Å². The van der Waals surface area contributed by atoms with Crippen LogP contribution < -0.4 is 10.2 Å². The Bertz CT molecular complexity index is 514. The second kappa shape index (κ2) is 6.15. The molecule has 4 nitrogen and oxygen atoms in total. The fourth-order valence-electron chi connectivity index (χ4n) is 1.57. The second-order valence-corrected chi connectivity index (χ2v) is 5.83. The summed E-state index contributed by atoms with van der Waals surface area (Å²) < 4.78 is 1.16. The van der Waals surface area contributed by atoms with Gasteiger partial charge in [-0.15, -0.1) is 11.3 Å². The Hall–Kier alpha value is -1.14. The van der Waals surface area contributed by atoms with Gasteiger partial charge in [-0.1, -0.05) is 0 Å². The van der Waals surface area contributed by atoms with E-state index in [9.17, 15) is 0 Å². The number of hydrogen-bond donors (Lipinski definition) is 1. The molecule has 0 unspecified atom stereocenters. The van der Waals surface area contributed by atoms with E-state index in [1.165, 1.54) is 4.88 Å². The van der Waals surface area contributed by atoms with Crippen molar-refractivity contribution >= 4 is 38.9 Å². The maximum atomic E-state index is 4.27. The first-order valence-corrected chi connectivity index (χ1v) is 7.30. The van der Waals surface area contributed by atoms with Crippen LogP contribution in [0.25, 0.3) is 0 Å². The summed E-state index contributed by atoms with van der Waals surface area (Å²) in [5.41, 5.74) is 0. The van der Waals surface area contributed by atoms with Crippen molar-refractivity contribution < 1.29 is 0 Å². The lowest BCUT2D eigenvalue weighted by Gasteiger charge is -2.17. The van der Waals surface area contributed by atoms with Crippen LogP contribution in [0.1, 0.15) is 4.88 Å². The molecule has 0 saturated carbocycles. The molecule has 1 N–H and O–H groups in total. The van der Waals surface area contributed by atoms with Gasteiger partial charge >= 0.3 is 0 Å². The molecule has 2 aromatic rings. The lowest BCUT2D eigenvalue weighted by molar-refractivity contribution is 0.864. The molecule has 6 heteroatoms. The first kappa shape index (κ1) is 13.3. The van der Waals surface area contributed by atoms with Crippen LogP contribution in [0, 0.1) is 0 Å². The summed E-state index contributed by atoms with van der Waals surface area (Å²) in [7, 11) is 3.90. The van der Waals surface area contributed by atoms with Gasteiger partial charge in [-0.25, -0.2) is 9.97 Å². The monoisotopic (exact) mass is 326 g/mol. The Balaban J connectivity index is 1.96. The highest BCUT2D eigenvalue weighted by Gasteiger charge is 2.05. The van der Waals surface area contributed by atoms with Gasteiger partial charge in [-0.2, -0.15) is 0 Å². The first-order valence-electron chi connectivity index (χ1n) is 5.63. The molecule has 0 aliphatic rings. The summed E-state index contributed by atoms with van der Waals surface area (Å²) in [6.07, 6.45) is 2.60. The molecule has 0 amide bonds. The standard InChI is InChI=1S/C12H15BrN4S/c1-14-11-6-12(16-8-15-11)17(2)4-3-10-5-9(13)7-18-10/h5-8H,3-4H2,1-2H3,(H,14,15,16). The van der Waals surface area contributed by atoms with Crippen LogP contribution in [0.15, 0.2) is 28.3 Å². The minimum absolute atomic E-state index is 0.839. The zero-order chi connectivity index (χ0) is 13.0. The Labute approximate surface area is 119 Å². The van der Waals surface area contributed by atoms with Gasteiger partial charge < -0.3 is 10.2 Å². The van der Waals surface area contributed by atoms with Crippen LogP contribution in [-0.4, -0.2) is 30.6 Å². The van der Waals surface area contributed by atoms with E-state index in [0.29, 0.717) is 0 Å². The number of likely N-dealkylation sites (N-methyl/N-ethyl adjacent to an activating group) is 1. The van der Waals surface area contributed by atoms with E-state index in [1.54, 1.807) is 17.7 Å². The van der Waals surface area contributed by atoms with Gasteiger partial charge in [0.05, 0.1) is 0 Å². The van der Waals surface area contributed by atoms with Crippen LogP contribution in [0.3, 0.4) is 0 Å². The molecule has 0 bridgehead atoms. The molecule has 0 saturated heterocycles. The number of rotatable bonds is 5. The van der Waals surface area contributed by atoms with E-state index in [-0.39, 0.29) is 0 Å². The number of nitrogens with zero attached hydrogens (tertiary/aromatic N) is 3. The predicted molar refractivity (Wildman–Crippen MR) is 80.6 cm³/mol. The molecular formula is C12H15BrN4S. The molecular weight excluding hydrogens is 312 g/mol. The number of hydrogen-bond acceptors (Lipinski definition) is 5. The van der Waals surface area contributed by atoms with E-state index in [1.807, 2.05) is 20.2 Å². The summed E-state index contributed by atoms with van der Waals surface area (Å²) in [6, 6.07) is 4.11. The van der Waals surface area contributed by atoms with Crippen molar-refractivity contribution in [2.24, 2.45) is 0 Å². The van der Waals surface area contributed by atoms with Gasteiger partial charge in [0.25, 0.3) is 0 Å². The average molecular weight is 327 g/mol. The summed E-state index contributed by atoms with van der Waals surface area (Å²) in [4.78, 5) is 11.9. The summed E-state index contributed by atoms with van der Waals surface area (Å²) in [5.74, 6) is 1.77. The first-order chi connectivity index (χ1) is 8.69. The SMILES string of the molecule is CNc1cc(N(C)CCc2cc(Br)cs2)ncn1. The third kappa shape index (κ3) is 3.43. The predicted octanol–water partition coefficient (Wildman–Crippen LogP) is 3.02. The highest BCUT2D eigenvalue weighted by molar-refractivity contribution is 9.10. The lowest BCUT2D eigenvalue weighted by atomic mass is 10.3. The Morgan fingerprint density at radius 2 is 2.22 bits per heavy atom. The normalized spacial score (nSPS) is 10.4. The number of aromatic nitrogens is 2. The molecule has 0 atom stereocenters. The van der Waals surface area contributed by atoms with Gasteiger partial charge in [-0.3, -0.25) is 0 Å². The maximum Gasteiger partial charge on any atom is 0.133 e. The number of thiophene rings is 1. The molecule has 2 rings (SSSR count). The second-order valence-electron chi connectivity index (χ2n) is 3.91. The molecule has 0 aromatic carbocycles. The Morgan fingerprint density at radius 3 is 2.89 bits per heavy atom. The van der Waals surface area contributed by atoms with Crippen LogP contribution in [-0.2, 0) is 6.42 Å². The maximum absolute atomic E-state index is 4.27. The van der Waals surface area contributed by atoms with E-state index < -0.39 is 0 Å². The van der Waals surface area contributed by atoms with Crippen molar-refractivity contribution in [3.8, 4) is 0 Å². The van der Waals surface area contributed by atoms with Gasteiger partial charge in [0.1, 0.15) is 18.0 Å². The van der Waals surface area contributed by atoms with Gasteiger partial charge in [0.2, 0.25) is 0 Å². The minimum atomic E-state index is 0.839. The van der Waals surface area contributed by atoms with Gasteiger partial charge in [0.15, 0.2) is 0 Å². The number of nitrogens with one attached hydrogen (secondary N) is 1. The third-order valence-electron chi connectivity index (χ3n) is 2.62. The van der Waals surface area contributed by atoms with Crippen molar-refractivity contribution in [2.45, 2.75) is 6.42 Å². The minimum Gasteiger partial charge on any atom is -0.373 e. The molecule has 0 aliphatic carbocycles. The third-order valence-corrected chi connectivity index (χ3v) is 4.37. The highest BCUT2D eigenvalue weighted by atomic mass is 79.9. The Kier molecular flexibility index (Phi) is 4.54. The van der Waals surface area contributed by atoms with Crippen LogP contribution >= 0.6 is 27.3 Å². The fourth-order valence-corrected chi connectivity index (χ4v) is 3.01. The van der Waals surface area contributed by atoms with Gasteiger partial charge in [0, 0.05) is 41.4 Å². The molecule has 0 aliphatic heterocycles. The van der Waals surface area contributed by atoms with E-state index in [2.05, 4.69) is 47.6 Å². The summed E-state index contributed by atoms with van der Waals surface area (Å²) in [5, 5.41) is 5.13. The molecule has 2 heterocycles. The van der Waals surface area contributed by atoms with E-state index >= 15 is 0 Å². The van der Waals surface area contributed by atoms with Crippen molar-refractivity contribution in [1.29, 1.82) is 0 Å². The average Bonchev–Trinajstić information content (AvgIpc) is 2.82. The van der Waals surface area contributed by atoms with Crippen molar-refractivity contribution in [3.63, 3.8) is 0 Å². The van der Waals surface area contributed by atoms with E-state index in [4.69, 9.17) is 0 Å². The van der Waals surface area contributed by atoms with E-state index in [0.717, 1.165) is 29.1 Å². The Morgan fingerprint density at radius 1 is 1.39 bits per heavy atom. The van der Waals surface area contributed by atoms with Gasteiger partial charge in [-0.05, 0) is 28.4 Å². The summed E-state index contributed by atoms with van der Waals surface area (Å²) >= 11 is 5.25. The van der Waals surface area contributed by atoms with Crippen molar-refractivity contribution in [2.75, 3.05) is 30.9 Å². The van der Waals surface area contributed by atoms with Crippen molar-refractivity contribution in [3.05, 3.63) is 33.2 Å². The molecule has 0 radical (unpaired) electrons. The zero-order valence-electron chi connectivity index (χ0n) is 10.4. The molecule has 18 heavy (non-hydrogen) atoms. The smallest absolute Gasteiger partial charge is 0.133 e. The summed E-state index contributed by atoms with van der Waals surface area (Å²) in [6.45, 7) is 0.938. The molecule has 2 aromatic heterocycles.